The third-order valence-electron chi connectivity index (χ3n) is 5.69. The molecule has 1 amide bonds. The Balaban J connectivity index is 1.51. The average Bonchev–Trinajstić information content (AvgIpc) is 3.13. The summed E-state index contributed by atoms with van der Waals surface area (Å²) in [6, 6.07) is 12.2. The van der Waals surface area contributed by atoms with Gasteiger partial charge in [-0.05, 0) is 56.0 Å². The highest BCUT2D eigenvalue weighted by molar-refractivity contribution is 6.02. The van der Waals surface area contributed by atoms with Gasteiger partial charge in [-0.25, -0.2) is 4.98 Å². The van der Waals surface area contributed by atoms with Crippen LogP contribution in [0.15, 0.2) is 42.6 Å². The topological polar surface area (TPSA) is 56.1 Å². The number of ether oxygens (including phenoxy) is 1. The number of imidazole rings is 1. The molecule has 2 heterocycles. The van der Waals surface area contributed by atoms with Crippen LogP contribution < -0.4 is 10.1 Å². The van der Waals surface area contributed by atoms with E-state index in [1.54, 1.807) is 7.11 Å². The highest BCUT2D eigenvalue weighted by atomic mass is 16.5. The van der Waals surface area contributed by atoms with Gasteiger partial charge in [0.2, 0.25) is 0 Å². The van der Waals surface area contributed by atoms with E-state index in [-0.39, 0.29) is 5.91 Å². The van der Waals surface area contributed by atoms with Crippen LogP contribution in [0.25, 0.3) is 0 Å². The van der Waals surface area contributed by atoms with Crippen molar-refractivity contribution in [2.75, 3.05) is 12.4 Å². The number of carbonyl (C=O) groups excluding carboxylic acids is 1. The Morgan fingerprint density at radius 2 is 1.83 bits per heavy atom. The van der Waals surface area contributed by atoms with Gasteiger partial charge in [-0.1, -0.05) is 29.8 Å². The minimum absolute atomic E-state index is 0.163. The molecule has 0 saturated carbocycles. The van der Waals surface area contributed by atoms with Crippen LogP contribution in [0.4, 0.5) is 5.69 Å². The highest BCUT2D eigenvalue weighted by Crippen LogP contribution is 2.33. The number of nitrogens with one attached hydrogen (secondary N) is 1. The fourth-order valence-electron chi connectivity index (χ4n) is 4.20. The van der Waals surface area contributed by atoms with Crippen molar-refractivity contribution in [3.63, 3.8) is 0 Å². The van der Waals surface area contributed by atoms with E-state index in [2.05, 4.69) is 40.8 Å². The molecule has 3 aromatic rings. The first kappa shape index (κ1) is 19.2. The maximum absolute atomic E-state index is 12.6. The van der Waals surface area contributed by atoms with Crippen molar-refractivity contribution in [2.24, 2.45) is 0 Å². The minimum atomic E-state index is -0.163. The van der Waals surface area contributed by atoms with Crippen LogP contribution in [0, 0.1) is 20.8 Å². The molecule has 4 rings (SSSR count). The van der Waals surface area contributed by atoms with E-state index in [9.17, 15) is 4.79 Å². The van der Waals surface area contributed by atoms with Crippen molar-refractivity contribution in [1.29, 1.82) is 0 Å². The van der Waals surface area contributed by atoms with Crippen molar-refractivity contribution >= 4 is 11.6 Å². The Labute approximate surface area is 171 Å². The van der Waals surface area contributed by atoms with Gasteiger partial charge in [0.1, 0.15) is 17.3 Å². The number of rotatable bonds is 4. The molecule has 150 valence electrons. The van der Waals surface area contributed by atoms with Crippen LogP contribution in [-0.4, -0.2) is 22.6 Å². The van der Waals surface area contributed by atoms with E-state index in [4.69, 9.17) is 4.74 Å². The number of hydrogen-bond acceptors (Lipinski definition) is 3. The van der Waals surface area contributed by atoms with Gasteiger partial charge in [0, 0.05) is 30.8 Å². The maximum atomic E-state index is 12.6. The molecule has 1 aliphatic heterocycles. The summed E-state index contributed by atoms with van der Waals surface area (Å²) < 4.78 is 7.63. The Bertz CT molecular complexity index is 1030. The molecule has 0 bridgehead atoms. The largest absolute Gasteiger partial charge is 0.496 e. The predicted molar refractivity (Wildman–Crippen MR) is 115 cm³/mol. The van der Waals surface area contributed by atoms with Crippen molar-refractivity contribution in [2.45, 2.75) is 46.1 Å². The van der Waals surface area contributed by atoms with Crippen LogP contribution in [0.1, 0.15) is 50.9 Å². The van der Waals surface area contributed by atoms with Gasteiger partial charge in [-0.2, -0.15) is 0 Å². The molecule has 0 aliphatic carbocycles. The van der Waals surface area contributed by atoms with E-state index in [0.29, 0.717) is 11.6 Å². The summed E-state index contributed by atoms with van der Waals surface area (Å²) in [5.41, 5.74) is 6.08. The molecule has 5 heteroatoms. The van der Waals surface area contributed by atoms with Gasteiger partial charge in [0.25, 0.3) is 5.91 Å². The third-order valence-corrected chi connectivity index (χ3v) is 5.69. The lowest BCUT2D eigenvalue weighted by atomic mass is 9.89. The average molecular weight is 389 g/mol. The van der Waals surface area contributed by atoms with Gasteiger partial charge < -0.3 is 14.6 Å². The molecule has 29 heavy (non-hydrogen) atoms. The summed E-state index contributed by atoms with van der Waals surface area (Å²) >= 11 is 0. The third kappa shape index (κ3) is 3.90. The Morgan fingerprint density at radius 1 is 1.14 bits per heavy atom. The van der Waals surface area contributed by atoms with Crippen LogP contribution in [0.3, 0.4) is 0 Å². The summed E-state index contributed by atoms with van der Waals surface area (Å²) in [6.07, 6.45) is 3.78. The van der Waals surface area contributed by atoms with Gasteiger partial charge in [-0.3, -0.25) is 4.79 Å². The molecule has 0 radical (unpaired) electrons. The zero-order valence-electron chi connectivity index (χ0n) is 17.5. The number of methoxy groups -OCH3 is 1. The number of fused-ring (bicyclic) bond motifs is 1. The first-order chi connectivity index (χ1) is 13.9. The monoisotopic (exact) mass is 389 g/mol. The number of aromatic nitrogens is 2. The standard InChI is InChI=1S/C24H27N3O2/c1-15-5-8-20(9-6-15)25-24(28)21-14-27-13-18(7-10-22(27)26-21)19-11-16(2)23(29-4)17(3)12-19/h5-6,8-9,11-12,14,18H,7,10,13H2,1-4H3,(H,25,28)/t18-/m1/s1. The minimum Gasteiger partial charge on any atom is -0.496 e. The predicted octanol–water partition coefficient (Wildman–Crippen LogP) is 4.80. The molecule has 0 fully saturated rings. The fourth-order valence-corrected chi connectivity index (χ4v) is 4.20. The second-order valence-electron chi connectivity index (χ2n) is 7.94. The Kier molecular flexibility index (Phi) is 5.14. The molecule has 0 saturated heterocycles. The molecule has 1 aromatic heterocycles. The summed E-state index contributed by atoms with van der Waals surface area (Å²) in [5, 5.41) is 2.94. The maximum Gasteiger partial charge on any atom is 0.275 e. The zero-order chi connectivity index (χ0) is 20.5. The molecule has 1 aliphatic rings. The van der Waals surface area contributed by atoms with E-state index >= 15 is 0 Å². The lowest BCUT2D eigenvalue weighted by molar-refractivity contribution is 0.102. The first-order valence-corrected chi connectivity index (χ1v) is 10.0. The van der Waals surface area contributed by atoms with Crippen molar-refractivity contribution in [3.8, 4) is 5.75 Å². The number of carbonyl (C=O) groups is 1. The molecule has 1 atom stereocenters. The Hall–Kier alpha value is -3.08. The van der Waals surface area contributed by atoms with Gasteiger partial charge in [0.05, 0.1) is 7.11 Å². The van der Waals surface area contributed by atoms with Crippen LogP contribution in [0.5, 0.6) is 5.75 Å². The fraction of sp³-hybridized carbons (Fsp3) is 0.333. The highest BCUT2D eigenvalue weighted by Gasteiger charge is 2.24. The first-order valence-electron chi connectivity index (χ1n) is 10.0. The van der Waals surface area contributed by atoms with Crippen molar-refractivity contribution in [1.82, 2.24) is 9.55 Å². The van der Waals surface area contributed by atoms with E-state index in [1.165, 1.54) is 5.56 Å². The summed E-state index contributed by atoms with van der Waals surface area (Å²) in [7, 11) is 1.72. The van der Waals surface area contributed by atoms with E-state index in [1.807, 2.05) is 37.4 Å². The molecular formula is C24H27N3O2. The summed E-state index contributed by atoms with van der Waals surface area (Å²) in [6.45, 7) is 7.05. The molecule has 2 aromatic carbocycles. The van der Waals surface area contributed by atoms with E-state index in [0.717, 1.165) is 53.3 Å². The van der Waals surface area contributed by atoms with Gasteiger partial charge in [-0.15, -0.1) is 0 Å². The number of benzene rings is 2. The number of aryl methyl sites for hydroxylation is 4. The molecule has 0 unspecified atom stereocenters. The quantitative estimate of drug-likeness (QED) is 0.697. The number of amides is 1. The van der Waals surface area contributed by atoms with E-state index < -0.39 is 0 Å². The van der Waals surface area contributed by atoms with Crippen LogP contribution >= 0.6 is 0 Å². The molecular weight excluding hydrogens is 362 g/mol. The van der Waals surface area contributed by atoms with Crippen molar-refractivity contribution < 1.29 is 9.53 Å². The van der Waals surface area contributed by atoms with Gasteiger partial charge >= 0.3 is 0 Å². The normalized spacial score (nSPS) is 15.7. The van der Waals surface area contributed by atoms with Crippen LogP contribution in [0.2, 0.25) is 0 Å². The zero-order valence-corrected chi connectivity index (χ0v) is 17.5. The number of hydrogen-bond donors (Lipinski definition) is 1. The van der Waals surface area contributed by atoms with Crippen LogP contribution in [-0.2, 0) is 13.0 Å². The Morgan fingerprint density at radius 3 is 2.48 bits per heavy atom. The second-order valence-corrected chi connectivity index (χ2v) is 7.94. The smallest absolute Gasteiger partial charge is 0.275 e. The SMILES string of the molecule is COc1c(C)cc([C@@H]2CCc3nc(C(=O)Nc4ccc(C)cc4)cn3C2)cc1C. The van der Waals surface area contributed by atoms with Crippen molar-refractivity contribution in [3.05, 3.63) is 76.4 Å². The second kappa shape index (κ2) is 7.74. The van der Waals surface area contributed by atoms with Gasteiger partial charge in [0.15, 0.2) is 0 Å². The number of nitrogens with zero attached hydrogens (tertiary/aromatic N) is 2. The lowest BCUT2D eigenvalue weighted by Crippen LogP contribution is -2.18. The molecule has 5 nitrogen and oxygen atoms in total. The molecule has 1 N–H and O–H groups in total. The summed E-state index contributed by atoms with van der Waals surface area (Å²) in [4.78, 5) is 17.2. The number of anilines is 1. The lowest BCUT2D eigenvalue weighted by Gasteiger charge is -2.25. The molecule has 0 spiro atoms. The summed E-state index contributed by atoms with van der Waals surface area (Å²) in [5.74, 6) is 2.19.